The molecule has 23 heavy (non-hydrogen) atoms. The van der Waals surface area contributed by atoms with Crippen molar-refractivity contribution in [1.82, 2.24) is 4.90 Å². The summed E-state index contributed by atoms with van der Waals surface area (Å²) in [6.07, 6.45) is 1.67. The molecule has 0 bridgehead atoms. The number of aliphatic imine (C=N–C) groups is 1. The van der Waals surface area contributed by atoms with E-state index in [0.29, 0.717) is 17.2 Å². The SMILES string of the molecule is CCOC(=O)c1c(-c2ccc(OC)cc2)csc1/N=C/N(C)C. The molecule has 0 aliphatic carbocycles. The number of methoxy groups -OCH3 is 1. The maximum atomic E-state index is 12.4. The van der Waals surface area contributed by atoms with Crippen LogP contribution < -0.4 is 4.74 Å². The Kier molecular flexibility index (Phi) is 5.76. The minimum absolute atomic E-state index is 0.327. The van der Waals surface area contributed by atoms with Crippen LogP contribution in [0.25, 0.3) is 11.1 Å². The fourth-order valence-corrected chi connectivity index (χ4v) is 2.90. The number of hydrogen-bond acceptors (Lipinski definition) is 5. The predicted molar refractivity (Wildman–Crippen MR) is 94.1 cm³/mol. The van der Waals surface area contributed by atoms with Crippen LogP contribution in [0.15, 0.2) is 34.6 Å². The lowest BCUT2D eigenvalue weighted by molar-refractivity contribution is 0.0529. The van der Waals surface area contributed by atoms with Crippen molar-refractivity contribution in [2.45, 2.75) is 6.92 Å². The fraction of sp³-hybridized carbons (Fsp3) is 0.294. The van der Waals surface area contributed by atoms with E-state index >= 15 is 0 Å². The van der Waals surface area contributed by atoms with Crippen LogP contribution in [0.1, 0.15) is 17.3 Å². The van der Waals surface area contributed by atoms with Gasteiger partial charge in [-0.2, -0.15) is 0 Å². The predicted octanol–water partition coefficient (Wildman–Crippen LogP) is 3.82. The zero-order valence-corrected chi connectivity index (χ0v) is 14.5. The monoisotopic (exact) mass is 332 g/mol. The van der Waals surface area contributed by atoms with Crippen molar-refractivity contribution >= 4 is 28.6 Å². The second kappa shape index (κ2) is 7.78. The highest BCUT2D eigenvalue weighted by Crippen LogP contribution is 2.38. The Bertz CT molecular complexity index is 690. The molecule has 0 spiro atoms. The lowest BCUT2D eigenvalue weighted by Gasteiger charge is -2.07. The minimum atomic E-state index is -0.356. The first kappa shape index (κ1) is 17.0. The highest BCUT2D eigenvalue weighted by atomic mass is 32.1. The molecule has 0 fully saturated rings. The molecule has 0 N–H and O–H groups in total. The van der Waals surface area contributed by atoms with Gasteiger partial charge in [-0.3, -0.25) is 0 Å². The second-order valence-corrected chi connectivity index (χ2v) is 5.84. The zero-order chi connectivity index (χ0) is 16.8. The molecule has 5 nitrogen and oxygen atoms in total. The summed E-state index contributed by atoms with van der Waals surface area (Å²) < 4.78 is 10.4. The van der Waals surface area contributed by atoms with Crippen molar-refractivity contribution < 1.29 is 14.3 Å². The summed E-state index contributed by atoms with van der Waals surface area (Å²) in [6, 6.07) is 7.57. The summed E-state index contributed by atoms with van der Waals surface area (Å²) in [5.74, 6) is 0.415. The normalized spacial score (nSPS) is 10.8. The molecule has 0 saturated heterocycles. The zero-order valence-electron chi connectivity index (χ0n) is 13.7. The molecule has 0 atom stereocenters. The third-order valence-electron chi connectivity index (χ3n) is 3.06. The summed E-state index contributed by atoms with van der Waals surface area (Å²) in [6.45, 7) is 2.12. The van der Waals surface area contributed by atoms with E-state index in [4.69, 9.17) is 9.47 Å². The molecular weight excluding hydrogens is 312 g/mol. The molecule has 1 aromatic carbocycles. The Balaban J connectivity index is 2.47. The van der Waals surface area contributed by atoms with Crippen LogP contribution in [0.2, 0.25) is 0 Å². The van der Waals surface area contributed by atoms with Crippen molar-refractivity contribution in [3.63, 3.8) is 0 Å². The Labute approximate surface area is 140 Å². The topological polar surface area (TPSA) is 51.1 Å². The minimum Gasteiger partial charge on any atom is -0.497 e. The van der Waals surface area contributed by atoms with Crippen LogP contribution in [-0.2, 0) is 4.74 Å². The molecule has 2 aromatic rings. The molecule has 0 unspecified atom stereocenters. The molecule has 2 rings (SSSR count). The van der Waals surface area contributed by atoms with Crippen molar-refractivity contribution in [3.8, 4) is 16.9 Å². The van der Waals surface area contributed by atoms with Crippen LogP contribution in [-0.4, -0.2) is 45.0 Å². The highest BCUT2D eigenvalue weighted by Gasteiger charge is 2.21. The lowest BCUT2D eigenvalue weighted by atomic mass is 10.0. The van der Waals surface area contributed by atoms with Gasteiger partial charge in [0.2, 0.25) is 0 Å². The Hall–Kier alpha value is -2.34. The van der Waals surface area contributed by atoms with Gasteiger partial charge in [0.25, 0.3) is 0 Å². The number of rotatable bonds is 6. The van der Waals surface area contributed by atoms with Gasteiger partial charge in [-0.1, -0.05) is 12.1 Å². The number of ether oxygens (including phenoxy) is 2. The molecular formula is C17H20N2O3S. The van der Waals surface area contributed by atoms with Crippen LogP contribution in [0.5, 0.6) is 5.75 Å². The van der Waals surface area contributed by atoms with E-state index in [1.54, 1.807) is 20.4 Å². The van der Waals surface area contributed by atoms with E-state index in [9.17, 15) is 4.79 Å². The van der Waals surface area contributed by atoms with Gasteiger partial charge in [0.05, 0.1) is 20.1 Å². The number of hydrogen-bond donors (Lipinski definition) is 0. The Morgan fingerprint density at radius 1 is 1.30 bits per heavy atom. The van der Waals surface area contributed by atoms with Gasteiger partial charge < -0.3 is 14.4 Å². The maximum Gasteiger partial charge on any atom is 0.341 e. The Morgan fingerprint density at radius 2 is 2.00 bits per heavy atom. The standard InChI is InChI=1S/C17H20N2O3S/c1-5-22-17(20)15-14(10-23-16(15)18-11-19(2)3)12-6-8-13(21-4)9-7-12/h6-11H,5H2,1-4H3/b18-11+. The molecule has 0 aliphatic rings. The quantitative estimate of drug-likeness (QED) is 0.458. The van der Waals surface area contributed by atoms with E-state index < -0.39 is 0 Å². The average Bonchev–Trinajstić information content (AvgIpc) is 2.97. The van der Waals surface area contributed by atoms with Gasteiger partial charge in [0.1, 0.15) is 16.3 Å². The van der Waals surface area contributed by atoms with Crippen molar-refractivity contribution in [2.75, 3.05) is 27.8 Å². The molecule has 0 aliphatic heterocycles. The third-order valence-corrected chi connectivity index (χ3v) is 3.94. The largest absolute Gasteiger partial charge is 0.497 e. The molecule has 0 amide bonds. The third kappa shape index (κ3) is 4.10. The molecule has 0 saturated carbocycles. The van der Waals surface area contributed by atoms with Crippen molar-refractivity contribution in [2.24, 2.45) is 4.99 Å². The summed E-state index contributed by atoms with van der Waals surface area (Å²) in [5.41, 5.74) is 2.25. The van der Waals surface area contributed by atoms with Crippen LogP contribution in [0, 0.1) is 0 Å². The summed E-state index contributed by atoms with van der Waals surface area (Å²) >= 11 is 1.42. The first-order valence-corrected chi connectivity index (χ1v) is 8.08. The van der Waals surface area contributed by atoms with Gasteiger partial charge in [-0.15, -0.1) is 11.3 Å². The maximum absolute atomic E-state index is 12.4. The van der Waals surface area contributed by atoms with E-state index in [0.717, 1.165) is 16.9 Å². The van der Waals surface area contributed by atoms with Crippen molar-refractivity contribution in [3.05, 3.63) is 35.2 Å². The number of benzene rings is 1. The highest BCUT2D eigenvalue weighted by molar-refractivity contribution is 7.14. The number of carbonyl (C=O) groups excluding carboxylic acids is 1. The smallest absolute Gasteiger partial charge is 0.341 e. The number of thiophene rings is 1. The first-order chi connectivity index (χ1) is 11.1. The van der Waals surface area contributed by atoms with Crippen molar-refractivity contribution in [1.29, 1.82) is 0 Å². The number of esters is 1. The molecule has 1 aromatic heterocycles. The van der Waals surface area contributed by atoms with Crippen LogP contribution in [0.4, 0.5) is 5.00 Å². The molecule has 1 heterocycles. The summed E-state index contributed by atoms with van der Waals surface area (Å²) in [5, 5.41) is 2.57. The van der Waals surface area contributed by atoms with E-state index in [1.165, 1.54) is 11.3 Å². The molecule has 6 heteroatoms. The Morgan fingerprint density at radius 3 is 2.57 bits per heavy atom. The van der Waals surface area contributed by atoms with E-state index in [1.807, 2.05) is 48.6 Å². The van der Waals surface area contributed by atoms with E-state index in [2.05, 4.69) is 4.99 Å². The molecule has 0 radical (unpaired) electrons. The summed E-state index contributed by atoms with van der Waals surface area (Å²) in [4.78, 5) is 18.6. The van der Waals surface area contributed by atoms with Crippen LogP contribution >= 0.6 is 11.3 Å². The first-order valence-electron chi connectivity index (χ1n) is 7.20. The summed E-state index contributed by atoms with van der Waals surface area (Å²) in [7, 11) is 5.38. The lowest BCUT2D eigenvalue weighted by Crippen LogP contribution is -2.08. The second-order valence-electron chi connectivity index (χ2n) is 4.99. The average molecular weight is 332 g/mol. The van der Waals surface area contributed by atoms with Gasteiger partial charge in [0, 0.05) is 25.0 Å². The fourth-order valence-electron chi connectivity index (χ4n) is 1.99. The van der Waals surface area contributed by atoms with Gasteiger partial charge in [-0.25, -0.2) is 9.79 Å². The van der Waals surface area contributed by atoms with Crippen LogP contribution in [0.3, 0.4) is 0 Å². The number of nitrogens with zero attached hydrogens (tertiary/aromatic N) is 2. The van der Waals surface area contributed by atoms with Gasteiger partial charge >= 0.3 is 5.97 Å². The number of carbonyl (C=O) groups is 1. The van der Waals surface area contributed by atoms with E-state index in [-0.39, 0.29) is 5.97 Å². The molecule has 122 valence electrons. The van der Waals surface area contributed by atoms with Gasteiger partial charge in [-0.05, 0) is 24.6 Å². The van der Waals surface area contributed by atoms with Gasteiger partial charge in [0.15, 0.2) is 0 Å².